The maximum Gasteiger partial charge on any atom is 0.274 e. The summed E-state index contributed by atoms with van der Waals surface area (Å²) in [6, 6.07) is 10.0. The number of hydrogen-bond acceptors (Lipinski definition) is 3. The summed E-state index contributed by atoms with van der Waals surface area (Å²) in [6.45, 7) is 0. The highest BCUT2D eigenvalue weighted by Gasteiger charge is 2.08. The number of benzene rings is 1. The van der Waals surface area contributed by atoms with E-state index in [9.17, 15) is 4.79 Å². The monoisotopic (exact) mass is 325 g/mol. The van der Waals surface area contributed by atoms with E-state index in [2.05, 4.69) is 26.2 Å². The summed E-state index contributed by atoms with van der Waals surface area (Å²) < 4.78 is 0.768. The van der Waals surface area contributed by atoms with Gasteiger partial charge in [0.1, 0.15) is 11.5 Å². The van der Waals surface area contributed by atoms with Crippen LogP contribution in [0.15, 0.2) is 40.9 Å². The number of pyridine rings is 1. The van der Waals surface area contributed by atoms with Gasteiger partial charge in [0.15, 0.2) is 0 Å². The first-order valence-corrected chi connectivity index (χ1v) is 6.22. The van der Waals surface area contributed by atoms with Gasteiger partial charge in [0, 0.05) is 10.2 Å². The van der Waals surface area contributed by atoms with E-state index in [-0.39, 0.29) is 11.6 Å². The predicted octanol–water partition coefficient (Wildman–Crippen LogP) is 3.33. The first kappa shape index (κ1) is 12.9. The van der Waals surface area contributed by atoms with Crippen LogP contribution in [0.5, 0.6) is 0 Å². The Kier molecular flexibility index (Phi) is 3.84. The predicted molar refractivity (Wildman–Crippen MR) is 75.8 cm³/mol. The van der Waals surface area contributed by atoms with Gasteiger partial charge in [0.2, 0.25) is 0 Å². The van der Waals surface area contributed by atoms with Crippen molar-refractivity contribution in [3.05, 3.63) is 51.6 Å². The highest BCUT2D eigenvalue weighted by Crippen LogP contribution is 2.25. The lowest BCUT2D eigenvalue weighted by atomic mass is 10.3. The molecule has 0 fully saturated rings. The number of nitrogens with one attached hydrogen (secondary N) is 1. The summed E-state index contributed by atoms with van der Waals surface area (Å²) in [6.07, 6.45) is 0. The number of aromatic nitrogens is 1. The van der Waals surface area contributed by atoms with Crippen LogP contribution in [-0.2, 0) is 0 Å². The number of hydrogen-bond donors (Lipinski definition) is 2. The summed E-state index contributed by atoms with van der Waals surface area (Å²) in [7, 11) is 0. The summed E-state index contributed by atoms with van der Waals surface area (Å²) in [5, 5.41) is 3.21. The van der Waals surface area contributed by atoms with E-state index in [4.69, 9.17) is 17.3 Å². The van der Waals surface area contributed by atoms with Crippen molar-refractivity contribution in [3.63, 3.8) is 0 Å². The molecule has 3 N–H and O–H groups in total. The molecule has 0 aliphatic rings. The maximum atomic E-state index is 11.9. The molecule has 0 bridgehead atoms. The first-order valence-electron chi connectivity index (χ1n) is 5.05. The Hall–Kier alpha value is -1.59. The zero-order chi connectivity index (χ0) is 13.1. The zero-order valence-corrected chi connectivity index (χ0v) is 11.5. The van der Waals surface area contributed by atoms with E-state index >= 15 is 0 Å². The number of anilines is 2. The van der Waals surface area contributed by atoms with Crippen molar-refractivity contribution in [2.75, 3.05) is 11.1 Å². The van der Waals surface area contributed by atoms with Gasteiger partial charge in [-0.3, -0.25) is 4.79 Å². The molecule has 4 nitrogen and oxygen atoms in total. The fourth-order valence-electron chi connectivity index (χ4n) is 1.35. The van der Waals surface area contributed by atoms with Crippen molar-refractivity contribution in [1.29, 1.82) is 0 Å². The third-order valence-corrected chi connectivity index (χ3v) is 3.41. The molecule has 1 heterocycles. The molecule has 0 unspecified atom stereocenters. The Balaban J connectivity index is 2.18. The molecule has 0 atom stereocenters. The second-order valence-corrected chi connectivity index (χ2v) is 4.79. The minimum absolute atomic E-state index is 0.258. The summed E-state index contributed by atoms with van der Waals surface area (Å²) >= 11 is 9.21. The molecule has 2 rings (SSSR count). The molecular weight excluding hydrogens is 318 g/mol. The second-order valence-electron chi connectivity index (χ2n) is 3.53. The van der Waals surface area contributed by atoms with Crippen LogP contribution >= 0.6 is 27.5 Å². The molecule has 1 aromatic heterocycles. The van der Waals surface area contributed by atoms with Crippen LogP contribution < -0.4 is 11.1 Å². The normalized spacial score (nSPS) is 10.1. The standard InChI is InChI=1S/C12H9BrClN3O/c13-8-5-4-7(6-9(8)14)16-12(18)10-2-1-3-11(15)17-10/h1-6H,(H2,15,17)(H,16,18). The van der Waals surface area contributed by atoms with Crippen LogP contribution in [0.1, 0.15) is 10.5 Å². The number of nitrogen functional groups attached to an aromatic ring is 1. The van der Waals surface area contributed by atoms with E-state index < -0.39 is 0 Å². The molecule has 1 amide bonds. The third-order valence-electron chi connectivity index (χ3n) is 2.18. The fraction of sp³-hybridized carbons (Fsp3) is 0. The van der Waals surface area contributed by atoms with Crippen LogP contribution in [0.4, 0.5) is 11.5 Å². The van der Waals surface area contributed by atoms with E-state index in [0.29, 0.717) is 16.5 Å². The second kappa shape index (κ2) is 5.37. The molecule has 0 radical (unpaired) electrons. The van der Waals surface area contributed by atoms with Gasteiger partial charge in [-0.1, -0.05) is 17.7 Å². The average molecular weight is 327 g/mol. The Morgan fingerprint density at radius 2 is 2.11 bits per heavy atom. The molecule has 0 saturated carbocycles. The highest BCUT2D eigenvalue weighted by atomic mass is 79.9. The molecule has 1 aromatic carbocycles. The van der Waals surface area contributed by atoms with Crippen LogP contribution in [0.25, 0.3) is 0 Å². The number of carbonyl (C=O) groups excluding carboxylic acids is 1. The molecule has 92 valence electrons. The van der Waals surface area contributed by atoms with Gasteiger partial charge in [-0.2, -0.15) is 0 Å². The minimum atomic E-state index is -0.333. The van der Waals surface area contributed by atoms with Crippen molar-refractivity contribution in [3.8, 4) is 0 Å². The van der Waals surface area contributed by atoms with Gasteiger partial charge in [-0.15, -0.1) is 0 Å². The van der Waals surface area contributed by atoms with E-state index in [1.807, 2.05) is 0 Å². The quantitative estimate of drug-likeness (QED) is 0.889. The topological polar surface area (TPSA) is 68.0 Å². The highest BCUT2D eigenvalue weighted by molar-refractivity contribution is 9.10. The van der Waals surface area contributed by atoms with Gasteiger partial charge in [-0.25, -0.2) is 4.98 Å². The number of nitrogens with two attached hydrogens (primary N) is 1. The van der Waals surface area contributed by atoms with E-state index in [1.165, 1.54) is 0 Å². The molecule has 0 aliphatic heterocycles. The Labute approximate surface area is 117 Å². The third kappa shape index (κ3) is 3.00. The van der Waals surface area contributed by atoms with E-state index in [0.717, 1.165) is 4.47 Å². The average Bonchev–Trinajstić information content (AvgIpc) is 2.34. The van der Waals surface area contributed by atoms with Gasteiger partial charge < -0.3 is 11.1 Å². The van der Waals surface area contributed by atoms with Crippen LogP contribution in [0.3, 0.4) is 0 Å². The zero-order valence-electron chi connectivity index (χ0n) is 9.15. The summed E-state index contributed by atoms with van der Waals surface area (Å²) in [4.78, 5) is 15.8. The number of carbonyl (C=O) groups is 1. The number of rotatable bonds is 2. The van der Waals surface area contributed by atoms with Crippen molar-refractivity contribution >= 4 is 44.9 Å². The Morgan fingerprint density at radius 1 is 1.33 bits per heavy atom. The molecule has 0 saturated heterocycles. The SMILES string of the molecule is Nc1cccc(C(=O)Nc2ccc(Br)c(Cl)c2)n1. The van der Waals surface area contributed by atoms with Crippen LogP contribution in [0.2, 0.25) is 5.02 Å². The van der Waals surface area contributed by atoms with Crippen molar-refractivity contribution in [1.82, 2.24) is 4.98 Å². The minimum Gasteiger partial charge on any atom is -0.384 e. The first-order chi connectivity index (χ1) is 8.56. The maximum absolute atomic E-state index is 11.9. The van der Waals surface area contributed by atoms with Crippen LogP contribution in [0, 0.1) is 0 Å². The fourth-order valence-corrected chi connectivity index (χ4v) is 1.77. The largest absolute Gasteiger partial charge is 0.384 e. The smallest absolute Gasteiger partial charge is 0.274 e. The van der Waals surface area contributed by atoms with Gasteiger partial charge in [0.25, 0.3) is 5.91 Å². The van der Waals surface area contributed by atoms with Crippen LogP contribution in [-0.4, -0.2) is 10.9 Å². The lowest BCUT2D eigenvalue weighted by Crippen LogP contribution is -2.14. The number of halogens is 2. The Morgan fingerprint density at radius 3 is 2.78 bits per heavy atom. The molecular formula is C12H9BrClN3O. The molecule has 0 aliphatic carbocycles. The van der Waals surface area contributed by atoms with E-state index in [1.54, 1.807) is 36.4 Å². The molecule has 6 heteroatoms. The van der Waals surface area contributed by atoms with Crippen molar-refractivity contribution in [2.24, 2.45) is 0 Å². The summed E-state index contributed by atoms with van der Waals surface area (Å²) in [5.41, 5.74) is 6.37. The van der Waals surface area contributed by atoms with Gasteiger partial charge >= 0.3 is 0 Å². The Bertz CT molecular complexity index is 604. The molecule has 0 spiro atoms. The molecule has 18 heavy (non-hydrogen) atoms. The lowest BCUT2D eigenvalue weighted by molar-refractivity contribution is 0.102. The van der Waals surface area contributed by atoms with Gasteiger partial charge in [-0.05, 0) is 46.3 Å². The lowest BCUT2D eigenvalue weighted by Gasteiger charge is -2.06. The summed E-state index contributed by atoms with van der Waals surface area (Å²) in [5.74, 6) is -0.0304. The van der Waals surface area contributed by atoms with Crippen molar-refractivity contribution in [2.45, 2.75) is 0 Å². The van der Waals surface area contributed by atoms with Crippen molar-refractivity contribution < 1.29 is 4.79 Å². The number of nitrogens with zero attached hydrogens (tertiary/aromatic N) is 1. The van der Waals surface area contributed by atoms with Gasteiger partial charge in [0.05, 0.1) is 5.02 Å². The molecule has 2 aromatic rings. The number of amides is 1.